The Morgan fingerprint density at radius 2 is 1.84 bits per heavy atom. The number of nitrogens with one attached hydrogen (secondary N) is 2. The summed E-state index contributed by atoms with van der Waals surface area (Å²) in [6.45, 7) is 15.9. The van der Waals surface area contributed by atoms with Crippen LogP contribution in [0.25, 0.3) is 33.3 Å². The monoisotopic (exact) mass is 949 g/mol. The molecular weight excluding hydrogens is 877 g/mol. The third-order valence-corrected chi connectivity index (χ3v) is 14.2. The minimum atomic E-state index is -1.13. The molecule has 2 fully saturated rings. The van der Waals surface area contributed by atoms with Gasteiger partial charge in [0.05, 0.1) is 36.4 Å². The van der Waals surface area contributed by atoms with Crippen molar-refractivity contribution in [2.75, 3.05) is 46.9 Å². The Morgan fingerprint density at radius 1 is 1.07 bits per heavy atom. The number of ether oxygens (including phenoxy) is 2. The topological polar surface area (TPSA) is 202 Å². The summed E-state index contributed by atoms with van der Waals surface area (Å²) >= 11 is 0. The molecule has 6 bridgehead atoms. The summed E-state index contributed by atoms with van der Waals surface area (Å²) in [4.78, 5) is 78.0. The largest absolute Gasteiger partial charge is 0.508 e. The first-order valence-corrected chi connectivity index (χ1v) is 24.6. The number of phenols is 1. The van der Waals surface area contributed by atoms with Gasteiger partial charge in [0.2, 0.25) is 17.7 Å². The van der Waals surface area contributed by atoms with Crippen LogP contribution in [-0.4, -0.2) is 124 Å². The first-order valence-electron chi connectivity index (χ1n) is 24.6. The maximum atomic E-state index is 14.8. The van der Waals surface area contributed by atoms with Crippen molar-refractivity contribution in [1.82, 2.24) is 35.1 Å². The summed E-state index contributed by atoms with van der Waals surface area (Å²) in [6, 6.07) is 13.0. The number of aromatic nitrogens is 2. The van der Waals surface area contributed by atoms with Gasteiger partial charge in [-0.05, 0) is 104 Å². The van der Waals surface area contributed by atoms with Gasteiger partial charge in [-0.15, -0.1) is 0 Å². The van der Waals surface area contributed by atoms with Gasteiger partial charge in [-0.3, -0.25) is 34.0 Å². The number of carbonyl (C=O) groups excluding carboxylic acids is 5. The fraction of sp³-hybridized carbons (Fsp3) is 0.547. The van der Waals surface area contributed by atoms with E-state index >= 15 is 0 Å². The van der Waals surface area contributed by atoms with Crippen LogP contribution in [0.5, 0.6) is 5.75 Å². The molecule has 7 rings (SSSR count). The number of fused-ring (bicyclic) bond motifs is 6. The summed E-state index contributed by atoms with van der Waals surface area (Å²) in [6.07, 6.45) is 3.51. The Bertz CT molecular complexity index is 2560. The van der Waals surface area contributed by atoms with Gasteiger partial charge < -0.3 is 40.0 Å². The number of hydrogen-bond acceptors (Lipinski definition) is 11. The quantitative estimate of drug-likeness (QED) is 0.133. The molecule has 16 heteroatoms. The molecule has 3 aliphatic heterocycles. The Balaban J connectivity index is 1.30. The van der Waals surface area contributed by atoms with Crippen LogP contribution >= 0.6 is 0 Å². The molecule has 2 aromatic carbocycles. The van der Waals surface area contributed by atoms with Gasteiger partial charge in [0.25, 0.3) is 5.91 Å². The highest BCUT2D eigenvalue weighted by Gasteiger charge is 2.42. The molecule has 0 saturated carbocycles. The fourth-order valence-electron chi connectivity index (χ4n) is 10.6. The SMILES string of the molecule is CCn1c(-c2cccnc2[C@H](C)OC)c2c3cc(ccc31)-c1cc(O)cc(c1)C[C@H](NC(=O)[C@H](C(C)C)N(C)C(=O)[C@@H]1CN(C(=O)CCN)C[C@@H]1C)C(=O)N1CCC[C@@H](CC(=O)OCC(C)(C)C2)N1. The van der Waals surface area contributed by atoms with Crippen LogP contribution in [-0.2, 0) is 52.8 Å². The third kappa shape index (κ3) is 11.1. The van der Waals surface area contributed by atoms with E-state index in [2.05, 4.69) is 54.3 Å². The maximum absolute atomic E-state index is 14.8. The van der Waals surface area contributed by atoms with E-state index in [1.165, 1.54) is 9.91 Å². The summed E-state index contributed by atoms with van der Waals surface area (Å²) in [5.41, 5.74) is 15.4. The van der Waals surface area contributed by atoms with Gasteiger partial charge in [-0.1, -0.05) is 46.8 Å². The molecule has 372 valence electrons. The number of nitrogens with zero attached hydrogens (tertiary/aromatic N) is 5. The van der Waals surface area contributed by atoms with E-state index in [0.717, 1.165) is 39.0 Å². The number of aryl methyl sites for hydroxylation is 1. The van der Waals surface area contributed by atoms with Crippen molar-refractivity contribution >= 4 is 40.5 Å². The molecule has 2 aromatic heterocycles. The number of nitrogens with two attached hydrogens (primary N) is 1. The van der Waals surface area contributed by atoms with Gasteiger partial charge >= 0.3 is 5.97 Å². The van der Waals surface area contributed by atoms with Crippen molar-refractivity contribution in [3.8, 4) is 28.1 Å². The number of hydrogen-bond donors (Lipinski definition) is 4. The second-order valence-electron chi connectivity index (χ2n) is 20.5. The van der Waals surface area contributed by atoms with Crippen molar-refractivity contribution < 1.29 is 38.6 Å². The first-order chi connectivity index (χ1) is 32.8. The highest BCUT2D eigenvalue weighted by atomic mass is 16.5. The number of phenolic OH excluding ortho intramolecular Hbond substituents is 1. The molecule has 6 atom stereocenters. The van der Waals surface area contributed by atoms with Crippen LogP contribution in [0.15, 0.2) is 54.7 Å². The third-order valence-electron chi connectivity index (χ3n) is 14.2. The molecule has 5 N–H and O–H groups in total. The van der Waals surface area contributed by atoms with E-state index in [1.54, 1.807) is 37.4 Å². The number of likely N-dealkylation sites (N-methyl/N-ethyl adjacent to an activating group) is 1. The molecule has 0 unspecified atom stereocenters. The van der Waals surface area contributed by atoms with E-state index in [4.69, 9.17) is 20.2 Å². The Kier molecular flexibility index (Phi) is 15.8. The number of carbonyl (C=O) groups is 5. The lowest BCUT2D eigenvalue weighted by Crippen LogP contribution is -2.61. The first kappa shape index (κ1) is 51.0. The maximum Gasteiger partial charge on any atom is 0.307 e. The normalized spacial score (nSPS) is 21.9. The molecule has 0 spiro atoms. The Morgan fingerprint density at radius 3 is 2.55 bits per heavy atom. The van der Waals surface area contributed by atoms with Gasteiger partial charge in [-0.25, -0.2) is 5.43 Å². The number of amides is 4. The van der Waals surface area contributed by atoms with Crippen molar-refractivity contribution in [3.05, 3.63) is 71.5 Å². The Labute approximate surface area is 406 Å². The molecule has 4 amide bonds. The number of benzene rings is 2. The van der Waals surface area contributed by atoms with Crippen molar-refractivity contribution in [2.24, 2.45) is 28.9 Å². The molecular formula is C53H72N8O8. The van der Waals surface area contributed by atoms with E-state index in [-0.39, 0.29) is 80.4 Å². The molecule has 5 heterocycles. The lowest BCUT2D eigenvalue weighted by atomic mass is 9.84. The summed E-state index contributed by atoms with van der Waals surface area (Å²) in [5.74, 6) is -2.67. The molecule has 0 radical (unpaired) electrons. The van der Waals surface area contributed by atoms with Crippen LogP contribution in [0.4, 0.5) is 0 Å². The summed E-state index contributed by atoms with van der Waals surface area (Å²) < 4.78 is 14.2. The average molecular weight is 949 g/mol. The van der Waals surface area contributed by atoms with E-state index in [1.807, 2.05) is 45.9 Å². The molecule has 2 saturated heterocycles. The highest BCUT2D eigenvalue weighted by Crippen LogP contribution is 2.42. The van der Waals surface area contributed by atoms with Gasteiger partial charge in [-0.2, -0.15) is 0 Å². The number of esters is 1. The van der Waals surface area contributed by atoms with Crippen molar-refractivity contribution in [2.45, 2.75) is 118 Å². The van der Waals surface area contributed by atoms with Gasteiger partial charge in [0.1, 0.15) is 17.8 Å². The van der Waals surface area contributed by atoms with Crippen molar-refractivity contribution in [3.63, 3.8) is 0 Å². The lowest BCUT2D eigenvalue weighted by Gasteiger charge is -2.37. The second-order valence-corrected chi connectivity index (χ2v) is 20.5. The minimum Gasteiger partial charge on any atom is -0.508 e. The van der Waals surface area contributed by atoms with E-state index in [9.17, 15) is 29.1 Å². The highest BCUT2D eigenvalue weighted by molar-refractivity contribution is 5.96. The lowest BCUT2D eigenvalue weighted by molar-refractivity contribution is -0.150. The van der Waals surface area contributed by atoms with Crippen LogP contribution in [0.3, 0.4) is 0 Å². The predicted octanol–water partition coefficient (Wildman–Crippen LogP) is 5.77. The number of likely N-dealkylation sites (tertiary alicyclic amines) is 1. The summed E-state index contributed by atoms with van der Waals surface area (Å²) in [7, 11) is 3.28. The minimum absolute atomic E-state index is 0.00498. The number of aromatic hydroxyl groups is 1. The molecule has 3 aliphatic rings. The molecule has 0 aliphatic carbocycles. The van der Waals surface area contributed by atoms with E-state index < -0.39 is 41.3 Å². The number of hydrazine groups is 1. The number of pyridine rings is 1. The number of rotatable bonds is 11. The zero-order chi connectivity index (χ0) is 49.9. The smallest absolute Gasteiger partial charge is 0.307 e. The van der Waals surface area contributed by atoms with Crippen LogP contribution in [0.2, 0.25) is 0 Å². The molecule has 16 nitrogen and oxygen atoms in total. The zero-order valence-electron chi connectivity index (χ0n) is 41.8. The van der Waals surface area contributed by atoms with Crippen LogP contribution in [0, 0.1) is 23.2 Å². The molecule has 4 aromatic rings. The standard InChI is InChI=1S/C53H72N8O8/c1-10-60-44-16-15-35-25-40(44)41(49(60)39-14-11-19-55-47(39)33(5)68-9)27-53(6,7)30-69-46(64)26-37-13-12-20-61(57-37)52(67)43(23-34-21-36(35)24-38(62)22-34)56-50(65)48(31(2)3)58(8)51(66)42-29-59(28-32(42)4)45(63)17-18-54/h11,14-16,19,21-22,24-25,31-33,37,42-43,48,57,62H,10,12-13,17-18,20,23,26-30,54H2,1-9H3,(H,56,65)/t32-,33-,37-,42+,43-,48-/m0/s1. The van der Waals surface area contributed by atoms with Gasteiger partial charge in [0.15, 0.2) is 0 Å². The van der Waals surface area contributed by atoms with Gasteiger partial charge in [0, 0.05) is 93.8 Å². The number of cyclic esters (lactones) is 1. The average Bonchev–Trinajstić information content (AvgIpc) is 3.85. The summed E-state index contributed by atoms with van der Waals surface area (Å²) in [5, 5.41) is 16.9. The van der Waals surface area contributed by atoms with Crippen molar-refractivity contribution in [1.29, 1.82) is 0 Å². The van der Waals surface area contributed by atoms with Crippen LogP contribution in [0.1, 0.15) is 97.1 Å². The molecule has 69 heavy (non-hydrogen) atoms. The predicted molar refractivity (Wildman–Crippen MR) is 264 cm³/mol. The second kappa shape index (κ2) is 21.4. The fourth-order valence-corrected chi connectivity index (χ4v) is 10.6. The zero-order valence-corrected chi connectivity index (χ0v) is 41.8. The van der Waals surface area contributed by atoms with E-state index in [0.29, 0.717) is 50.0 Å². The number of methoxy groups -OCH3 is 1. The van der Waals surface area contributed by atoms with Crippen LogP contribution < -0.4 is 16.5 Å². The Hall–Kier alpha value is -5.84.